The van der Waals surface area contributed by atoms with E-state index in [1.54, 1.807) is 33.4 Å². The first-order valence-electron chi connectivity index (χ1n) is 12.7. The van der Waals surface area contributed by atoms with E-state index in [2.05, 4.69) is 77.2 Å². The number of rotatable bonds is 4. The molecular weight excluding hydrogens is 638 g/mol. The van der Waals surface area contributed by atoms with Gasteiger partial charge in [0.25, 0.3) is 0 Å². The Morgan fingerprint density at radius 2 is 0.971 bits per heavy atom. The summed E-state index contributed by atoms with van der Waals surface area (Å²) in [7, 11) is 0. The van der Waals surface area contributed by atoms with Gasteiger partial charge in [-0.3, -0.25) is 0 Å². The van der Waals surface area contributed by atoms with Crippen molar-refractivity contribution >= 4 is 42.5 Å². The summed E-state index contributed by atoms with van der Waals surface area (Å²) in [5.74, 6) is 1.78. The van der Waals surface area contributed by atoms with Gasteiger partial charge in [0.1, 0.15) is 0 Å². The smallest absolute Gasteiger partial charge is 0.147 e. The zero-order valence-electron chi connectivity index (χ0n) is 21.4. The van der Waals surface area contributed by atoms with Crippen LogP contribution >= 0.6 is 24.8 Å². The normalized spacial score (nSPS) is 22.2. The van der Waals surface area contributed by atoms with Crippen molar-refractivity contribution in [3.8, 4) is 0 Å². The van der Waals surface area contributed by atoms with Crippen molar-refractivity contribution in [1.82, 2.24) is 0 Å². The van der Waals surface area contributed by atoms with E-state index < -0.39 is 20.1 Å². The van der Waals surface area contributed by atoms with Gasteiger partial charge in [0.15, 0.2) is 0 Å². The molecule has 2 saturated carbocycles. The quantitative estimate of drug-likeness (QED) is 0.284. The molecule has 180 valence electrons. The van der Waals surface area contributed by atoms with Crippen molar-refractivity contribution in [2.75, 3.05) is 0 Å². The zero-order chi connectivity index (χ0) is 22.3. The molecule has 2 aromatic rings. The Morgan fingerprint density at radius 1 is 0.618 bits per heavy atom. The van der Waals surface area contributed by atoms with Gasteiger partial charge in [0.2, 0.25) is 0 Å². The molecule has 0 radical (unpaired) electrons. The van der Waals surface area contributed by atoms with E-state index in [0.29, 0.717) is 0 Å². The third-order valence-corrected chi connectivity index (χ3v) is 35.9. The molecule has 2 unspecified atom stereocenters. The van der Waals surface area contributed by atoms with Crippen molar-refractivity contribution < 1.29 is 20.1 Å². The molecule has 0 heterocycles. The molecule has 0 aromatic heterocycles. The standard InChI is InChI=1S/2C14H15.C2H6Si.2ClH.Hf/c2*1-9-3-4-10(2)14-8-12(7-13(9)14)11-5-6-11;1-3-2;;;/h2*3-4,7-8,11H,5-6H2,1-2H3;1-2H3;2*1H;. The number of halogens is 2. The largest absolute Gasteiger partial charge is 0.147 e. The van der Waals surface area contributed by atoms with Crippen LogP contribution in [0.15, 0.2) is 35.4 Å². The van der Waals surface area contributed by atoms with Crippen molar-refractivity contribution in [3.05, 3.63) is 79.9 Å². The molecule has 4 heteroatoms. The molecule has 0 nitrogen and oxygen atoms in total. The maximum absolute atomic E-state index is 2.70. The van der Waals surface area contributed by atoms with Crippen molar-refractivity contribution in [2.45, 2.75) is 73.8 Å². The van der Waals surface area contributed by atoms with Crippen LogP contribution in [0, 0.1) is 39.5 Å². The van der Waals surface area contributed by atoms with Crippen LogP contribution in [0.25, 0.3) is 12.2 Å². The minimum Gasteiger partial charge on any atom is -0.147 e. The molecule has 0 aliphatic heterocycles. The van der Waals surface area contributed by atoms with Crippen molar-refractivity contribution in [3.63, 3.8) is 0 Å². The number of benzene rings is 2. The number of aryl methyl sites for hydroxylation is 4. The Bertz CT molecular complexity index is 1170. The number of hydrogen-bond acceptors (Lipinski definition) is 0. The predicted molar refractivity (Wildman–Crippen MR) is 151 cm³/mol. The topological polar surface area (TPSA) is 0 Å². The van der Waals surface area contributed by atoms with Crippen molar-refractivity contribution in [2.24, 2.45) is 11.8 Å². The second-order valence-corrected chi connectivity index (χ2v) is 36.1. The summed E-state index contributed by atoms with van der Waals surface area (Å²) in [4.78, 5) is 0. The molecule has 0 N–H and O–H groups in total. The molecule has 0 amide bonds. The fourth-order valence-electron chi connectivity index (χ4n) is 6.65. The van der Waals surface area contributed by atoms with Gasteiger partial charge in [-0.05, 0) is 0 Å². The minimum absolute atomic E-state index is 0. The monoisotopic (exact) mass is 676 g/mol. The molecule has 2 fully saturated rings. The fraction of sp³-hybridized carbons (Fsp3) is 0.467. The minimum atomic E-state index is -2.18. The van der Waals surface area contributed by atoms with E-state index >= 15 is 0 Å². The maximum atomic E-state index is 2.70. The van der Waals surface area contributed by atoms with E-state index in [9.17, 15) is 0 Å². The van der Waals surface area contributed by atoms with E-state index in [0.717, 1.165) is 19.2 Å². The molecule has 0 spiro atoms. The first-order valence-corrected chi connectivity index (χ1v) is 24.7. The zero-order valence-corrected chi connectivity index (χ0v) is 27.6. The van der Waals surface area contributed by atoms with Gasteiger partial charge in [0.05, 0.1) is 0 Å². The third kappa shape index (κ3) is 4.23. The average molecular weight is 676 g/mol. The third-order valence-electron chi connectivity index (χ3n) is 8.61. The summed E-state index contributed by atoms with van der Waals surface area (Å²) in [6, 6.07) is 9.61. The summed E-state index contributed by atoms with van der Waals surface area (Å²) >= 11 is -2.18. The van der Waals surface area contributed by atoms with Gasteiger partial charge in [-0.15, -0.1) is 24.8 Å². The van der Waals surface area contributed by atoms with E-state index in [1.165, 1.54) is 36.8 Å². The molecular formula is C30H38Cl2HfSi. The van der Waals surface area contributed by atoms with Crippen molar-refractivity contribution in [1.29, 1.82) is 0 Å². The molecule has 34 heavy (non-hydrogen) atoms. The molecule has 0 saturated heterocycles. The Balaban J connectivity index is 0.00000137. The summed E-state index contributed by atoms with van der Waals surface area (Å²) in [6.45, 7) is 14.9. The van der Waals surface area contributed by atoms with Crippen LogP contribution in [-0.4, -0.2) is 5.49 Å². The Labute approximate surface area is 226 Å². The number of fused-ring (bicyclic) bond motifs is 2. The SMILES string of the molecule is Cc1ccc(C)c2c1C=C(C1CC1)[CH]2[Hf]([CH]1C(C2CC2)=Cc2c(C)ccc(C)c21)=[Si](C)C.Cl.Cl. The van der Waals surface area contributed by atoms with Gasteiger partial charge in [0, 0.05) is 0 Å². The summed E-state index contributed by atoms with van der Waals surface area (Å²) in [6.07, 6.45) is 11.2. The van der Waals surface area contributed by atoms with Crippen LogP contribution in [0.3, 0.4) is 0 Å². The van der Waals surface area contributed by atoms with Crippen LogP contribution in [0.5, 0.6) is 0 Å². The van der Waals surface area contributed by atoms with Gasteiger partial charge < -0.3 is 0 Å². The van der Waals surface area contributed by atoms with Gasteiger partial charge in [-0.2, -0.15) is 0 Å². The average Bonchev–Trinajstić information content (AvgIpc) is 3.69. The van der Waals surface area contributed by atoms with Gasteiger partial charge in [-0.25, -0.2) is 0 Å². The van der Waals surface area contributed by atoms with Gasteiger partial charge >= 0.3 is 203 Å². The number of allylic oxidation sites excluding steroid dienone is 2. The first kappa shape index (κ1) is 26.6. The number of hydrogen-bond donors (Lipinski definition) is 0. The van der Waals surface area contributed by atoms with Crippen LogP contribution in [0.1, 0.15) is 77.5 Å². The predicted octanol–water partition coefficient (Wildman–Crippen LogP) is 9.03. The Morgan fingerprint density at radius 3 is 1.29 bits per heavy atom. The van der Waals surface area contributed by atoms with E-state index in [1.807, 2.05) is 11.1 Å². The molecule has 0 bridgehead atoms. The second kappa shape index (κ2) is 9.80. The first-order chi connectivity index (χ1) is 15.4. The van der Waals surface area contributed by atoms with Crippen LogP contribution in [-0.2, 0) is 20.1 Å². The molecule has 2 atom stereocenters. The van der Waals surface area contributed by atoms with Crippen LogP contribution in [0.2, 0.25) is 13.1 Å². The van der Waals surface area contributed by atoms with Crippen LogP contribution in [0.4, 0.5) is 0 Å². The Kier molecular flexibility index (Phi) is 7.68. The molecule has 4 aliphatic rings. The Hall–Kier alpha value is -0.413. The molecule has 6 rings (SSSR count). The maximum Gasteiger partial charge on any atom is -0.147 e. The molecule has 2 aromatic carbocycles. The second-order valence-electron chi connectivity index (χ2n) is 11.2. The summed E-state index contributed by atoms with van der Waals surface area (Å²) in [5, 5.41) is 0. The summed E-state index contributed by atoms with van der Waals surface area (Å²) < 4.78 is 1.67. The summed E-state index contributed by atoms with van der Waals surface area (Å²) in [5.41, 5.74) is 16.4. The van der Waals surface area contributed by atoms with Gasteiger partial charge in [-0.1, -0.05) is 0 Å². The van der Waals surface area contributed by atoms with E-state index in [4.69, 9.17) is 0 Å². The fourth-order valence-corrected chi connectivity index (χ4v) is 36.4. The van der Waals surface area contributed by atoms with E-state index in [-0.39, 0.29) is 30.3 Å². The molecule has 4 aliphatic carbocycles. The van der Waals surface area contributed by atoms with Crippen LogP contribution < -0.4 is 0 Å².